The summed E-state index contributed by atoms with van der Waals surface area (Å²) in [7, 11) is 5.63. The zero-order valence-corrected chi connectivity index (χ0v) is 19.5. The molecular weight excluding hydrogens is 416 g/mol. The minimum Gasteiger partial charge on any atom is -0.497 e. The largest absolute Gasteiger partial charge is 0.497 e. The molecule has 0 saturated heterocycles. The third-order valence-electron chi connectivity index (χ3n) is 6.01. The van der Waals surface area contributed by atoms with Gasteiger partial charge in [0.15, 0.2) is 0 Å². The molecule has 174 valence electrons. The lowest BCUT2D eigenvalue weighted by atomic mass is 9.91. The maximum atomic E-state index is 12.3. The summed E-state index contributed by atoms with van der Waals surface area (Å²) in [5.74, 6) is 2.37. The average Bonchev–Trinajstić information content (AvgIpc) is 2.83. The molecular formula is C25H32N6O2. The van der Waals surface area contributed by atoms with E-state index < -0.39 is 0 Å². The maximum Gasteiger partial charge on any atom is 0.315 e. The molecule has 0 unspecified atom stereocenters. The molecule has 1 heterocycles. The number of urea groups is 1. The second-order valence-electron chi connectivity index (χ2n) is 8.65. The van der Waals surface area contributed by atoms with Crippen molar-refractivity contribution < 1.29 is 9.53 Å². The van der Waals surface area contributed by atoms with Crippen LogP contribution < -0.4 is 25.6 Å². The summed E-state index contributed by atoms with van der Waals surface area (Å²) in [6.45, 7) is 0.486. The van der Waals surface area contributed by atoms with Crippen LogP contribution in [0.3, 0.4) is 0 Å². The second-order valence-corrected chi connectivity index (χ2v) is 8.65. The summed E-state index contributed by atoms with van der Waals surface area (Å²) in [6, 6.07) is 16.1. The number of nitrogens with zero attached hydrogens (tertiary/aromatic N) is 3. The van der Waals surface area contributed by atoms with E-state index in [-0.39, 0.29) is 12.1 Å². The van der Waals surface area contributed by atoms with Gasteiger partial charge < -0.3 is 25.6 Å². The van der Waals surface area contributed by atoms with E-state index in [9.17, 15) is 4.79 Å². The van der Waals surface area contributed by atoms with E-state index in [4.69, 9.17) is 14.7 Å². The standard InChI is InChI=1S/C25H32N6O2/c1-31(2)23-21-6-4-5-7-22(21)29-24(30-23)27-18-10-12-19(13-11-18)28-25(32)26-16-17-8-14-20(33-3)15-9-17/h4-9,14-15,18-19H,10-13,16H2,1-3H3,(H2,26,28,32)(H,27,29,30). The first kappa shape index (κ1) is 22.6. The number of amides is 2. The van der Waals surface area contributed by atoms with Crippen LogP contribution in [0.1, 0.15) is 31.2 Å². The van der Waals surface area contributed by atoms with Gasteiger partial charge in [0.25, 0.3) is 0 Å². The van der Waals surface area contributed by atoms with Crippen molar-refractivity contribution in [1.82, 2.24) is 20.6 Å². The number of hydrogen-bond donors (Lipinski definition) is 3. The molecule has 1 aliphatic carbocycles. The Kier molecular flexibility index (Phi) is 7.12. The van der Waals surface area contributed by atoms with Crippen molar-refractivity contribution in [3.05, 3.63) is 54.1 Å². The molecule has 0 bridgehead atoms. The number of anilines is 2. The van der Waals surface area contributed by atoms with E-state index in [1.165, 1.54) is 0 Å². The lowest BCUT2D eigenvalue weighted by Crippen LogP contribution is -2.44. The quantitative estimate of drug-likeness (QED) is 0.507. The summed E-state index contributed by atoms with van der Waals surface area (Å²) in [4.78, 5) is 23.8. The van der Waals surface area contributed by atoms with Crippen molar-refractivity contribution in [3.63, 3.8) is 0 Å². The normalized spacial score (nSPS) is 17.9. The van der Waals surface area contributed by atoms with Gasteiger partial charge in [0.05, 0.1) is 12.6 Å². The van der Waals surface area contributed by atoms with Crippen LogP contribution in [-0.2, 0) is 6.54 Å². The van der Waals surface area contributed by atoms with Crippen molar-refractivity contribution in [1.29, 1.82) is 0 Å². The highest BCUT2D eigenvalue weighted by Crippen LogP contribution is 2.26. The Morgan fingerprint density at radius 1 is 1.00 bits per heavy atom. The first-order chi connectivity index (χ1) is 16.0. The second kappa shape index (κ2) is 10.4. The van der Waals surface area contributed by atoms with Gasteiger partial charge in [-0.25, -0.2) is 9.78 Å². The van der Waals surface area contributed by atoms with Gasteiger partial charge in [-0.2, -0.15) is 4.98 Å². The van der Waals surface area contributed by atoms with E-state index in [1.54, 1.807) is 7.11 Å². The van der Waals surface area contributed by atoms with Crippen molar-refractivity contribution >= 4 is 28.7 Å². The number of fused-ring (bicyclic) bond motifs is 1. The highest BCUT2D eigenvalue weighted by molar-refractivity contribution is 5.90. The summed E-state index contributed by atoms with van der Waals surface area (Å²) in [5.41, 5.74) is 1.97. The number of carbonyl (C=O) groups excluding carboxylic acids is 1. The van der Waals surface area contributed by atoms with Gasteiger partial charge in [0.2, 0.25) is 5.95 Å². The average molecular weight is 449 g/mol. The molecule has 4 rings (SSSR count). The fourth-order valence-electron chi connectivity index (χ4n) is 4.19. The molecule has 1 aliphatic rings. The Hall–Kier alpha value is -3.55. The predicted octanol–water partition coefficient (Wildman–Crippen LogP) is 3.93. The molecule has 1 fully saturated rings. The number of rotatable bonds is 7. The predicted molar refractivity (Wildman–Crippen MR) is 132 cm³/mol. The smallest absolute Gasteiger partial charge is 0.315 e. The van der Waals surface area contributed by atoms with Crippen molar-refractivity contribution in [2.45, 2.75) is 44.3 Å². The van der Waals surface area contributed by atoms with Crippen LogP contribution in [0.5, 0.6) is 5.75 Å². The molecule has 1 aromatic heterocycles. The fraction of sp³-hybridized carbons (Fsp3) is 0.400. The molecule has 0 aliphatic heterocycles. The number of para-hydroxylation sites is 1. The molecule has 0 spiro atoms. The molecule has 8 nitrogen and oxygen atoms in total. The Morgan fingerprint density at radius 2 is 1.70 bits per heavy atom. The monoisotopic (exact) mass is 448 g/mol. The Labute approximate surface area is 194 Å². The maximum absolute atomic E-state index is 12.3. The number of ether oxygens (including phenoxy) is 1. The van der Waals surface area contributed by atoms with Crippen LogP contribution in [0.15, 0.2) is 48.5 Å². The van der Waals surface area contributed by atoms with Crippen LogP contribution >= 0.6 is 0 Å². The molecule has 1 saturated carbocycles. The molecule has 2 amide bonds. The van der Waals surface area contributed by atoms with E-state index in [2.05, 4.69) is 16.0 Å². The van der Waals surface area contributed by atoms with Crippen molar-refractivity contribution in [2.75, 3.05) is 31.4 Å². The van der Waals surface area contributed by atoms with Gasteiger partial charge in [-0.05, 0) is 55.5 Å². The van der Waals surface area contributed by atoms with Crippen LogP contribution in [0.4, 0.5) is 16.6 Å². The lowest BCUT2D eigenvalue weighted by molar-refractivity contribution is 0.231. The van der Waals surface area contributed by atoms with E-state index in [0.717, 1.165) is 53.7 Å². The third-order valence-corrected chi connectivity index (χ3v) is 6.01. The number of methoxy groups -OCH3 is 1. The van der Waals surface area contributed by atoms with Crippen LogP contribution in [0, 0.1) is 0 Å². The third kappa shape index (κ3) is 5.83. The number of hydrogen-bond acceptors (Lipinski definition) is 6. The van der Waals surface area contributed by atoms with Gasteiger partial charge in [0.1, 0.15) is 11.6 Å². The zero-order chi connectivity index (χ0) is 23.2. The van der Waals surface area contributed by atoms with Gasteiger partial charge >= 0.3 is 6.03 Å². The first-order valence-electron chi connectivity index (χ1n) is 11.4. The minimum absolute atomic E-state index is 0.129. The van der Waals surface area contributed by atoms with E-state index in [0.29, 0.717) is 18.5 Å². The highest BCUT2D eigenvalue weighted by Gasteiger charge is 2.23. The van der Waals surface area contributed by atoms with Crippen LogP contribution in [-0.4, -0.2) is 49.3 Å². The number of benzene rings is 2. The highest BCUT2D eigenvalue weighted by atomic mass is 16.5. The molecule has 8 heteroatoms. The Bertz CT molecular complexity index is 1080. The molecule has 3 N–H and O–H groups in total. The molecule has 33 heavy (non-hydrogen) atoms. The van der Waals surface area contributed by atoms with Gasteiger partial charge in [-0.1, -0.05) is 24.3 Å². The molecule has 3 aromatic rings. The van der Waals surface area contributed by atoms with Gasteiger partial charge in [-0.3, -0.25) is 0 Å². The lowest BCUT2D eigenvalue weighted by Gasteiger charge is -2.30. The van der Waals surface area contributed by atoms with E-state index >= 15 is 0 Å². The summed E-state index contributed by atoms with van der Waals surface area (Å²) < 4.78 is 5.16. The first-order valence-corrected chi connectivity index (χ1v) is 11.4. The van der Waals surface area contributed by atoms with Crippen molar-refractivity contribution in [2.24, 2.45) is 0 Å². The summed E-state index contributed by atoms with van der Waals surface area (Å²) in [5, 5.41) is 10.6. The molecule has 0 radical (unpaired) electrons. The van der Waals surface area contributed by atoms with Gasteiger partial charge in [0, 0.05) is 38.1 Å². The number of nitrogens with one attached hydrogen (secondary N) is 3. The topological polar surface area (TPSA) is 91.4 Å². The van der Waals surface area contributed by atoms with Crippen LogP contribution in [0.25, 0.3) is 10.9 Å². The SMILES string of the molecule is COc1ccc(CNC(=O)NC2CCC(Nc3nc(N(C)C)c4ccccc4n3)CC2)cc1. The molecule has 0 atom stereocenters. The minimum atomic E-state index is -0.129. The summed E-state index contributed by atoms with van der Waals surface area (Å²) >= 11 is 0. The zero-order valence-electron chi connectivity index (χ0n) is 19.5. The summed E-state index contributed by atoms with van der Waals surface area (Å²) in [6.07, 6.45) is 3.75. The Balaban J connectivity index is 1.26. The number of carbonyl (C=O) groups is 1. The Morgan fingerprint density at radius 3 is 2.39 bits per heavy atom. The van der Waals surface area contributed by atoms with Crippen molar-refractivity contribution in [3.8, 4) is 5.75 Å². The number of aromatic nitrogens is 2. The van der Waals surface area contributed by atoms with Gasteiger partial charge in [-0.15, -0.1) is 0 Å². The van der Waals surface area contributed by atoms with Crippen LogP contribution in [0.2, 0.25) is 0 Å². The van der Waals surface area contributed by atoms with E-state index in [1.807, 2.05) is 67.5 Å². The molecule has 2 aromatic carbocycles. The fourth-order valence-corrected chi connectivity index (χ4v) is 4.19.